The first-order chi connectivity index (χ1) is 11.9. The molecule has 2 heterocycles. The SMILES string of the molecule is O=C(OCC1CO1)C12CC3CC(O)(C1)CC(C(=O)OCC1CO1)(C3)C2. The molecule has 25 heavy (non-hydrogen) atoms. The molecule has 4 saturated carbocycles. The molecule has 4 unspecified atom stereocenters. The fourth-order valence-electron chi connectivity index (χ4n) is 5.81. The van der Waals surface area contributed by atoms with Crippen molar-refractivity contribution in [2.45, 2.75) is 56.3 Å². The maximum atomic E-state index is 12.9. The summed E-state index contributed by atoms with van der Waals surface area (Å²) >= 11 is 0. The van der Waals surface area contributed by atoms with E-state index in [1.807, 2.05) is 0 Å². The van der Waals surface area contributed by atoms with Crippen molar-refractivity contribution in [1.29, 1.82) is 0 Å². The van der Waals surface area contributed by atoms with Gasteiger partial charge in [-0.25, -0.2) is 0 Å². The molecule has 1 N–H and O–H groups in total. The van der Waals surface area contributed by atoms with Crippen molar-refractivity contribution in [2.24, 2.45) is 16.7 Å². The molecule has 4 aliphatic carbocycles. The summed E-state index contributed by atoms with van der Waals surface area (Å²) in [5, 5.41) is 11.0. The normalized spacial score (nSPS) is 48.9. The zero-order valence-electron chi connectivity index (χ0n) is 14.2. The lowest BCUT2D eigenvalue weighted by Crippen LogP contribution is -2.64. The molecule has 0 radical (unpaired) electrons. The van der Waals surface area contributed by atoms with Gasteiger partial charge in [0.05, 0.1) is 29.6 Å². The zero-order chi connectivity index (χ0) is 17.3. The van der Waals surface area contributed by atoms with Gasteiger partial charge >= 0.3 is 11.9 Å². The average Bonchev–Trinajstić information content (AvgIpc) is 3.42. The van der Waals surface area contributed by atoms with Crippen LogP contribution in [0.4, 0.5) is 0 Å². The highest BCUT2D eigenvalue weighted by Crippen LogP contribution is 2.67. The van der Waals surface area contributed by atoms with Gasteiger partial charge in [-0.3, -0.25) is 9.59 Å². The van der Waals surface area contributed by atoms with Gasteiger partial charge < -0.3 is 24.1 Å². The lowest BCUT2D eigenvalue weighted by Gasteiger charge is -2.62. The van der Waals surface area contributed by atoms with Crippen molar-refractivity contribution in [3.05, 3.63) is 0 Å². The van der Waals surface area contributed by atoms with Gasteiger partial charge in [0.2, 0.25) is 0 Å². The first-order valence-electron chi connectivity index (χ1n) is 9.21. The minimum Gasteiger partial charge on any atom is -0.462 e. The Balaban J connectivity index is 1.37. The molecule has 7 heteroatoms. The largest absolute Gasteiger partial charge is 0.462 e. The number of carbonyl (C=O) groups excluding carboxylic acids is 2. The Morgan fingerprint density at radius 2 is 1.36 bits per heavy atom. The number of carbonyl (C=O) groups is 2. The monoisotopic (exact) mass is 352 g/mol. The Morgan fingerprint density at radius 3 is 1.76 bits per heavy atom. The van der Waals surface area contributed by atoms with Crippen LogP contribution in [0.25, 0.3) is 0 Å². The van der Waals surface area contributed by atoms with Crippen LogP contribution in [-0.4, -0.2) is 61.3 Å². The molecule has 138 valence electrons. The molecular weight excluding hydrogens is 328 g/mol. The van der Waals surface area contributed by atoms with E-state index in [-0.39, 0.29) is 43.3 Å². The first-order valence-corrected chi connectivity index (χ1v) is 9.21. The number of ether oxygens (including phenoxy) is 4. The molecule has 0 spiro atoms. The Morgan fingerprint density at radius 1 is 0.880 bits per heavy atom. The third-order valence-corrected chi connectivity index (χ3v) is 6.51. The van der Waals surface area contributed by atoms with Crippen LogP contribution in [0.5, 0.6) is 0 Å². The van der Waals surface area contributed by atoms with E-state index in [1.54, 1.807) is 0 Å². The third-order valence-electron chi connectivity index (χ3n) is 6.51. The highest BCUT2D eigenvalue weighted by molar-refractivity contribution is 5.83. The molecule has 4 bridgehead atoms. The minimum absolute atomic E-state index is 0.0124. The van der Waals surface area contributed by atoms with E-state index in [2.05, 4.69) is 0 Å². The van der Waals surface area contributed by atoms with Crippen molar-refractivity contribution < 1.29 is 33.6 Å². The number of esters is 2. The Bertz CT molecular complexity index is 565. The molecular formula is C18H24O7. The fourth-order valence-corrected chi connectivity index (χ4v) is 5.81. The minimum atomic E-state index is -0.969. The molecule has 6 rings (SSSR count). The van der Waals surface area contributed by atoms with Gasteiger partial charge in [-0.05, 0) is 44.4 Å². The van der Waals surface area contributed by atoms with E-state index in [0.29, 0.717) is 51.7 Å². The number of rotatable bonds is 6. The summed E-state index contributed by atoms with van der Waals surface area (Å²) in [6.45, 7) is 1.79. The molecule has 0 aromatic rings. The Hall–Kier alpha value is -1.18. The summed E-state index contributed by atoms with van der Waals surface area (Å²) in [5.41, 5.74) is -2.50. The van der Waals surface area contributed by atoms with Crippen molar-refractivity contribution in [1.82, 2.24) is 0 Å². The molecule has 6 aliphatic rings. The lowest BCUT2D eigenvalue weighted by atomic mass is 9.42. The van der Waals surface area contributed by atoms with Crippen LogP contribution in [0.2, 0.25) is 0 Å². The second-order valence-electron chi connectivity index (χ2n) is 8.90. The summed E-state index contributed by atoms with van der Waals surface area (Å²) in [4.78, 5) is 25.7. The lowest BCUT2D eigenvalue weighted by molar-refractivity contribution is -0.225. The topological polar surface area (TPSA) is 97.9 Å². The molecule has 6 fully saturated rings. The number of hydrogen-bond acceptors (Lipinski definition) is 7. The van der Waals surface area contributed by atoms with Gasteiger partial charge in [0.15, 0.2) is 0 Å². The standard InChI is InChI=1S/C18H24O7/c19-14(24-6-12-4-22-12)16-1-11-2-17(8-16,10-18(21,3-11)9-16)15(20)25-7-13-5-23-13/h11-13,21H,1-10H2. The highest BCUT2D eigenvalue weighted by Gasteiger charge is 2.68. The van der Waals surface area contributed by atoms with E-state index in [9.17, 15) is 14.7 Å². The van der Waals surface area contributed by atoms with Gasteiger partial charge in [0, 0.05) is 0 Å². The van der Waals surface area contributed by atoms with Crippen LogP contribution in [0.3, 0.4) is 0 Å². The molecule has 7 nitrogen and oxygen atoms in total. The van der Waals surface area contributed by atoms with Crippen LogP contribution < -0.4 is 0 Å². The van der Waals surface area contributed by atoms with Crippen LogP contribution in [-0.2, 0) is 28.5 Å². The quantitative estimate of drug-likeness (QED) is 0.551. The summed E-state index contributed by atoms with van der Waals surface area (Å²) in [5.74, 6) is -0.405. The third kappa shape index (κ3) is 2.76. The van der Waals surface area contributed by atoms with Crippen LogP contribution in [0.15, 0.2) is 0 Å². The number of aliphatic hydroxyl groups is 1. The Kier molecular flexibility index (Phi) is 3.32. The number of hydrogen-bond donors (Lipinski definition) is 1. The maximum Gasteiger partial charge on any atom is 0.312 e. The molecule has 0 aromatic heterocycles. The summed E-state index contributed by atoms with van der Waals surface area (Å²) in [6, 6.07) is 0. The second-order valence-corrected chi connectivity index (χ2v) is 8.90. The van der Waals surface area contributed by atoms with E-state index in [0.717, 1.165) is 0 Å². The van der Waals surface area contributed by atoms with Gasteiger partial charge in [0.25, 0.3) is 0 Å². The van der Waals surface area contributed by atoms with Crippen molar-refractivity contribution >= 4 is 11.9 Å². The smallest absolute Gasteiger partial charge is 0.312 e. The summed E-state index contributed by atoms with van der Waals surface area (Å²) in [7, 11) is 0. The summed E-state index contributed by atoms with van der Waals surface area (Å²) < 4.78 is 21.2. The summed E-state index contributed by atoms with van der Waals surface area (Å²) in [6.07, 6.45) is 3.28. The van der Waals surface area contributed by atoms with Gasteiger partial charge in [-0.15, -0.1) is 0 Å². The van der Waals surface area contributed by atoms with Gasteiger partial charge in [0.1, 0.15) is 25.4 Å². The first kappa shape index (κ1) is 16.0. The van der Waals surface area contributed by atoms with Crippen molar-refractivity contribution in [3.8, 4) is 0 Å². The van der Waals surface area contributed by atoms with Crippen LogP contribution in [0.1, 0.15) is 38.5 Å². The molecule has 0 amide bonds. The maximum absolute atomic E-state index is 12.9. The van der Waals surface area contributed by atoms with Crippen LogP contribution in [0, 0.1) is 16.7 Å². The molecule has 4 atom stereocenters. The zero-order valence-corrected chi connectivity index (χ0v) is 14.2. The second kappa shape index (κ2) is 5.18. The highest BCUT2D eigenvalue weighted by atomic mass is 16.6. The van der Waals surface area contributed by atoms with Crippen molar-refractivity contribution in [2.75, 3.05) is 26.4 Å². The Labute approximate surface area is 145 Å². The fraction of sp³-hybridized carbons (Fsp3) is 0.889. The van der Waals surface area contributed by atoms with Crippen LogP contribution >= 0.6 is 0 Å². The average molecular weight is 352 g/mol. The van der Waals surface area contributed by atoms with E-state index >= 15 is 0 Å². The van der Waals surface area contributed by atoms with Crippen molar-refractivity contribution in [3.63, 3.8) is 0 Å². The predicted molar refractivity (Wildman–Crippen MR) is 82.4 cm³/mol. The van der Waals surface area contributed by atoms with E-state index in [4.69, 9.17) is 18.9 Å². The van der Waals surface area contributed by atoms with Gasteiger partial charge in [-0.1, -0.05) is 0 Å². The molecule has 2 saturated heterocycles. The molecule has 2 aliphatic heterocycles. The van der Waals surface area contributed by atoms with E-state index in [1.165, 1.54) is 0 Å². The molecule has 0 aromatic carbocycles. The van der Waals surface area contributed by atoms with Gasteiger partial charge in [-0.2, -0.15) is 0 Å². The number of epoxide rings is 2. The predicted octanol–water partition coefficient (Wildman–Crippen LogP) is 0.572. The van der Waals surface area contributed by atoms with E-state index < -0.39 is 16.4 Å².